The van der Waals surface area contributed by atoms with Crippen LogP contribution in [-0.4, -0.2) is 22.8 Å². The summed E-state index contributed by atoms with van der Waals surface area (Å²) < 4.78 is 5.08. The number of carbonyl (C=O) groups excluding carboxylic acids is 2. The highest BCUT2D eigenvalue weighted by atomic mass is 16.5. The van der Waals surface area contributed by atoms with E-state index in [0.29, 0.717) is 22.5 Å². The smallest absolute Gasteiger partial charge is 0.355 e. The number of aromatic amines is 1. The minimum Gasteiger partial charge on any atom is -0.458 e. The predicted molar refractivity (Wildman–Crippen MR) is 60.8 cm³/mol. The number of nitrogens with one attached hydrogen (secondary N) is 1. The van der Waals surface area contributed by atoms with Gasteiger partial charge in [-0.1, -0.05) is 0 Å². The predicted octanol–water partition coefficient (Wildman–Crippen LogP) is 2.40. The van der Waals surface area contributed by atoms with E-state index in [2.05, 4.69) is 4.98 Å². The van der Waals surface area contributed by atoms with Gasteiger partial charge in [0.25, 0.3) is 0 Å². The lowest BCUT2D eigenvalue weighted by Gasteiger charge is -2.07. The summed E-state index contributed by atoms with van der Waals surface area (Å²) >= 11 is 0. The lowest BCUT2D eigenvalue weighted by Crippen LogP contribution is -2.13. The van der Waals surface area contributed by atoms with Crippen molar-refractivity contribution in [2.75, 3.05) is 0 Å². The third-order valence-electron chi connectivity index (χ3n) is 2.34. The van der Waals surface area contributed by atoms with Crippen LogP contribution in [-0.2, 0) is 4.74 Å². The van der Waals surface area contributed by atoms with Gasteiger partial charge in [-0.05, 0) is 40.2 Å². The summed E-state index contributed by atoms with van der Waals surface area (Å²) in [5.74, 6) is -0.460. The molecule has 4 heteroatoms. The Morgan fingerprint density at radius 2 is 1.81 bits per heavy atom. The highest BCUT2D eigenvalue weighted by molar-refractivity contribution is 6.01. The molecule has 0 saturated carbocycles. The highest BCUT2D eigenvalue weighted by Crippen LogP contribution is 2.19. The Kier molecular flexibility index (Phi) is 3.52. The standard InChI is InChI=1S/C12H17NO3/c1-6(2)16-12(15)11-7(3)10(9(5)14)8(4)13-11/h6,13H,1-5H3. The van der Waals surface area contributed by atoms with Gasteiger partial charge in [-0.3, -0.25) is 4.79 Å². The van der Waals surface area contributed by atoms with E-state index >= 15 is 0 Å². The fourth-order valence-corrected chi connectivity index (χ4v) is 1.76. The van der Waals surface area contributed by atoms with Crippen LogP contribution in [0.1, 0.15) is 52.9 Å². The minimum absolute atomic E-state index is 0.0464. The van der Waals surface area contributed by atoms with Gasteiger partial charge in [-0.15, -0.1) is 0 Å². The zero-order valence-corrected chi connectivity index (χ0v) is 10.3. The van der Waals surface area contributed by atoms with Crippen molar-refractivity contribution in [3.8, 4) is 0 Å². The highest BCUT2D eigenvalue weighted by Gasteiger charge is 2.21. The van der Waals surface area contributed by atoms with Crippen LogP contribution >= 0.6 is 0 Å². The summed E-state index contributed by atoms with van der Waals surface area (Å²) in [5, 5.41) is 0. The molecule has 0 saturated heterocycles. The summed E-state index contributed by atoms with van der Waals surface area (Å²) in [6, 6.07) is 0. The number of aromatic nitrogens is 1. The van der Waals surface area contributed by atoms with Gasteiger partial charge in [0, 0.05) is 11.3 Å². The summed E-state index contributed by atoms with van der Waals surface area (Å²) in [7, 11) is 0. The van der Waals surface area contributed by atoms with E-state index in [9.17, 15) is 9.59 Å². The molecule has 0 bridgehead atoms. The van der Waals surface area contributed by atoms with E-state index in [4.69, 9.17) is 4.74 Å². The van der Waals surface area contributed by atoms with Crippen molar-refractivity contribution in [2.24, 2.45) is 0 Å². The average Bonchev–Trinajstić information content (AvgIpc) is 2.40. The molecule has 0 aliphatic rings. The van der Waals surface area contributed by atoms with Crippen LogP contribution in [0.2, 0.25) is 0 Å². The van der Waals surface area contributed by atoms with E-state index in [1.807, 2.05) is 0 Å². The lowest BCUT2D eigenvalue weighted by molar-refractivity contribution is 0.0370. The first-order chi connectivity index (χ1) is 7.34. The van der Waals surface area contributed by atoms with E-state index < -0.39 is 5.97 Å². The van der Waals surface area contributed by atoms with Crippen LogP contribution < -0.4 is 0 Å². The van der Waals surface area contributed by atoms with Gasteiger partial charge in [0.2, 0.25) is 0 Å². The molecule has 1 aromatic rings. The number of ether oxygens (including phenoxy) is 1. The number of carbonyl (C=O) groups is 2. The first-order valence-electron chi connectivity index (χ1n) is 5.25. The largest absolute Gasteiger partial charge is 0.458 e. The van der Waals surface area contributed by atoms with Crippen molar-refractivity contribution in [3.63, 3.8) is 0 Å². The Balaban J connectivity index is 3.12. The quantitative estimate of drug-likeness (QED) is 0.632. The minimum atomic E-state index is -0.414. The van der Waals surface area contributed by atoms with Crippen molar-refractivity contribution >= 4 is 11.8 Å². The summed E-state index contributed by atoms with van der Waals surface area (Å²) in [6.45, 7) is 8.58. The molecule has 16 heavy (non-hydrogen) atoms. The van der Waals surface area contributed by atoms with Gasteiger partial charge in [0.15, 0.2) is 5.78 Å². The van der Waals surface area contributed by atoms with Crippen LogP contribution in [0.3, 0.4) is 0 Å². The second-order valence-electron chi connectivity index (χ2n) is 4.14. The number of H-pyrrole nitrogens is 1. The topological polar surface area (TPSA) is 59.2 Å². The van der Waals surface area contributed by atoms with E-state index in [-0.39, 0.29) is 11.9 Å². The Bertz CT molecular complexity index is 430. The molecule has 0 amide bonds. The maximum Gasteiger partial charge on any atom is 0.355 e. The number of ketones is 1. The van der Waals surface area contributed by atoms with Gasteiger partial charge in [-0.25, -0.2) is 4.79 Å². The molecule has 0 aliphatic carbocycles. The van der Waals surface area contributed by atoms with Gasteiger partial charge in [-0.2, -0.15) is 0 Å². The molecule has 0 atom stereocenters. The molecule has 1 aromatic heterocycles. The first kappa shape index (κ1) is 12.5. The zero-order valence-electron chi connectivity index (χ0n) is 10.3. The SMILES string of the molecule is CC(=O)c1c(C)[nH]c(C(=O)OC(C)C)c1C. The third kappa shape index (κ3) is 2.32. The number of hydrogen-bond donors (Lipinski definition) is 1. The van der Waals surface area contributed by atoms with Crippen LogP contribution in [0, 0.1) is 13.8 Å². The Labute approximate surface area is 95.0 Å². The Morgan fingerprint density at radius 3 is 2.19 bits per heavy atom. The fraction of sp³-hybridized carbons (Fsp3) is 0.500. The first-order valence-corrected chi connectivity index (χ1v) is 5.25. The monoisotopic (exact) mass is 223 g/mol. The molecular weight excluding hydrogens is 206 g/mol. The molecule has 0 aliphatic heterocycles. The maximum atomic E-state index is 11.7. The maximum absolute atomic E-state index is 11.7. The second-order valence-corrected chi connectivity index (χ2v) is 4.14. The molecule has 88 valence electrons. The molecule has 0 fully saturated rings. The Morgan fingerprint density at radius 1 is 1.25 bits per heavy atom. The molecular formula is C12H17NO3. The van der Waals surface area contributed by atoms with Gasteiger partial charge < -0.3 is 9.72 Å². The lowest BCUT2D eigenvalue weighted by atomic mass is 10.1. The van der Waals surface area contributed by atoms with Crippen LogP contribution in [0.5, 0.6) is 0 Å². The number of rotatable bonds is 3. The molecule has 0 unspecified atom stereocenters. The van der Waals surface area contributed by atoms with Gasteiger partial charge >= 0.3 is 5.97 Å². The van der Waals surface area contributed by atoms with Crippen molar-refractivity contribution in [1.82, 2.24) is 4.98 Å². The summed E-state index contributed by atoms with van der Waals surface area (Å²) in [4.78, 5) is 26.0. The van der Waals surface area contributed by atoms with Crippen LogP contribution in [0.15, 0.2) is 0 Å². The fourth-order valence-electron chi connectivity index (χ4n) is 1.76. The number of Topliss-reactive ketones (excluding diaryl/α,β-unsaturated/α-hetero) is 1. The number of hydrogen-bond acceptors (Lipinski definition) is 3. The molecule has 4 nitrogen and oxygen atoms in total. The van der Waals surface area contributed by atoms with Crippen molar-refractivity contribution in [1.29, 1.82) is 0 Å². The third-order valence-corrected chi connectivity index (χ3v) is 2.34. The van der Waals surface area contributed by atoms with Crippen LogP contribution in [0.25, 0.3) is 0 Å². The molecule has 0 radical (unpaired) electrons. The van der Waals surface area contributed by atoms with Crippen molar-refractivity contribution < 1.29 is 14.3 Å². The molecule has 1 N–H and O–H groups in total. The average molecular weight is 223 g/mol. The van der Waals surface area contributed by atoms with E-state index in [1.165, 1.54) is 6.92 Å². The van der Waals surface area contributed by atoms with Gasteiger partial charge in [0.05, 0.1) is 6.10 Å². The van der Waals surface area contributed by atoms with Gasteiger partial charge in [0.1, 0.15) is 5.69 Å². The molecule has 1 heterocycles. The van der Waals surface area contributed by atoms with Crippen molar-refractivity contribution in [3.05, 3.63) is 22.5 Å². The normalized spacial score (nSPS) is 10.6. The summed E-state index contributed by atoms with van der Waals surface area (Å²) in [5.41, 5.74) is 2.32. The van der Waals surface area contributed by atoms with E-state index in [0.717, 1.165) is 0 Å². The van der Waals surface area contributed by atoms with Crippen molar-refractivity contribution in [2.45, 2.75) is 40.7 Å². The van der Waals surface area contributed by atoms with Crippen LogP contribution in [0.4, 0.5) is 0 Å². The Hall–Kier alpha value is -1.58. The molecule has 0 spiro atoms. The zero-order chi connectivity index (χ0) is 12.5. The molecule has 0 aromatic carbocycles. The number of esters is 1. The molecule has 1 rings (SSSR count). The summed E-state index contributed by atoms with van der Waals surface area (Å²) in [6.07, 6.45) is -0.170. The van der Waals surface area contributed by atoms with E-state index in [1.54, 1.807) is 27.7 Å². The second kappa shape index (κ2) is 4.51. The number of aryl methyl sites for hydroxylation is 1.